The van der Waals surface area contributed by atoms with Gasteiger partial charge < -0.3 is 25.2 Å². The van der Waals surface area contributed by atoms with Crippen LogP contribution in [0.25, 0.3) is 0 Å². The van der Waals surface area contributed by atoms with Gasteiger partial charge in [0.1, 0.15) is 11.5 Å². The van der Waals surface area contributed by atoms with E-state index in [4.69, 9.17) is 15.2 Å². The standard InChI is InChI=1S/C14H22N2O4/c1-19-9-8-16(7-3-6-15)14(18)12-5-4-11(20-2)10-13(12)17/h4-5,10,17H,3,6-9,15H2,1-2H3. The van der Waals surface area contributed by atoms with Crippen LogP contribution < -0.4 is 10.5 Å². The SMILES string of the molecule is COCCN(CCCN)C(=O)c1ccc(OC)cc1O. The highest BCUT2D eigenvalue weighted by Crippen LogP contribution is 2.24. The molecule has 6 nitrogen and oxygen atoms in total. The Morgan fingerprint density at radius 1 is 1.35 bits per heavy atom. The number of methoxy groups -OCH3 is 2. The molecular formula is C14H22N2O4. The maximum absolute atomic E-state index is 12.4. The summed E-state index contributed by atoms with van der Waals surface area (Å²) in [7, 11) is 3.08. The smallest absolute Gasteiger partial charge is 0.257 e. The van der Waals surface area contributed by atoms with E-state index in [2.05, 4.69) is 0 Å². The summed E-state index contributed by atoms with van der Waals surface area (Å²) >= 11 is 0. The normalized spacial score (nSPS) is 10.3. The molecule has 0 saturated carbocycles. The molecule has 0 saturated heterocycles. The summed E-state index contributed by atoms with van der Waals surface area (Å²) in [5.41, 5.74) is 5.73. The molecule has 112 valence electrons. The Morgan fingerprint density at radius 2 is 2.10 bits per heavy atom. The lowest BCUT2D eigenvalue weighted by molar-refractivity contribution is 0.0691. The van der Waals surface area contributed by atoms with Crippen molar-refractivity contribution in [3.63, 3.8) is 0 Å². The number of carbonyl (C=O) groups is 1. The summed E-state index contributed by atoms with van der Waals surface area (Å²) in [4.78, 5) is 14.0. The Labute approximate surface area is 119 Å². The van der Waals surface area contributed by atoms with Gasteiger partial charge in [-0.2, -0.15) is 0 Å². The van der Waals surface area contributed by atoms with Crippen LogP contribution in [0.2, 0.25) is 0 Å². The number of aromatic hydroxyl groups is 1. The number of amides is 1. The highest BCUT2D eigenvalue weighted by atomic mass is 16.5. The van der Waals surface area contributed by atoms with Crippen molar-refractivity contribution in [1.82, 2.24) is 4.90 Å². The maximum atomic E-state index is 12.4. The Hall–Kier alpha value is -1.79. The summed E-state index contributed by atoms with van der Waals surface area (Å²) in [5.74, 6) is 0.171. The topological polar surface area (TPSA) is 85.0 Å². The number of phenols is 1. The van der Waals surface area contributed by atoms with Crippen LogP contribution in [0, 0.1) is 0 Å². The first kappa shape index (κ1) is 16.3. The fourth-order valence-corrected chi connectivity index (χ4v) is 1.79. The molecule has 0 aliphatic carbocycles. The number of ether oxygens (including phenoxy) is 2. The monoisotopic (exact) mass is 282 g/mol. The molecule has 0 aliphatic rings. The van der Waals surface area contributed by atoms with Crippen molar-refractivity contribution < 1.29 is 19.4 Å². The van der Waals surface area contributed by atoms with Crippen LogP contribution in [-0.2, 0) is 4.74 Å². The third-order valence-electron chi connectivity index (χ3n) is 2.92. The van der Waals surface area contributed by atoms with Crippen LogP contribution in [0.1, 0.15) is 16.8 Å². The minimum Gasteiger partial charge on any atom is -0.507 e. The van der Waals surface area contributed by atoms with Crippen LogP contribution in [0.5, 0.6) is 11.5 Å². The number of nitrogens with two attached hydrogens (primary N) is 1. The van der Waals surface area contributed by atoms with E-state index in [9.17, 15) is 9.90 Å². The molecule has 0 aromatic heterocycles. The molecule has 1 aromatic carbocycles. The van der Waals surface area contributed by atoms with Crippen molar-refractivity contribution in [1.29, 1.82) is 0 Å². The Bertz CT molecular complexity index is 429. The molecule has 0 unspecified atom stereocenters. The maximum Gasteiger partial charge on any atom is 0.257 e. The Balaban J connectivity index is 2.86. The van der Waals surface area contributed by atoms with Gasteiger partial charge in [-0.25, -0.2) is 0 Å². The largest absolute Gasteiger partial charge is 0.507 e. The number of benzene rings is 1. The molecule has 0 bridgehead atoms. The molecular weight excluding hydrogens is 260 g/mol. The minimum absolute atomic E-state index is 0.0930. The van der Waals surface area contributed by atoms with Gasteiger partial charge in [0.05, 0.1) is 19.3 Å². The van der Waals surface area contributed by atoms with Crippen LogP contribution in [0.3, 0.4) is 0 Å². The molecule has 0 radical (unpaired) electrons. The number of phenolic OH excluding ortho intramolecular Hbond substituents is 1. The fraction of sp³-hybridized carbons (Fsp3) is 0.500. The van der Waals surface area contributed by atoms with Gasteiger partial charge in [-0.3, -0.25) is 4.79 Å². The van der Waals surface area contributed by atoms with Crippen LogP contribution >= 0.6 is 0 Å². The number of nitrogens with zero attached hydrogens (tertiary/aromatic N) is 1. The quantitative estimate of drug-likeness (QED) is 0.738. The number of carbonyl (C=O) groups excluding carboxylic acids is 1. The highest BCUT2D eigenvalue weighted by Gasteiger charge is 2.18. The second kappa shape index (κ2) is 8.39. The second-order valence-electron chi connectivity index (χ2n) is 4.31. The van der Waals surface area contributed by atoms with Crippen molar-refractivity contribution in [3.05, 3.63) is 23.8 Å². The van der Waals surface area contributed by atoms with E-state index < -0.39 is 0 Å². The molecule has 0 heterocycles. The van der Waals surface area contributed by atoms with E-state index in [-0.39, 0.29) is 17.2 Å². The van der Waals surface area contributed by atoms with Gasteiger partial charge in [-0.15, -0.1) is 0 Å². The van der Waals surface area contributed by atoms with Gasteiger partial charge in [-0.1, -0.05) is 0 Å². The lowest BCUT2D eigenvalue weighted by Gasteiger charge is -2.22. The van der Waals surface area contributed by atoms with Gasteiger partial charge in [0.25, 0.3) is 5.91 Å². The third kappa shape index (κ3) is 4.40. The Morgan fingerprint density at radius 3 is 2.65 bits per heavy atom. The van der Waals surface area contributed by atoms with Gasteiger partial charge in [-0.05, 0) is 25.1 Å². The van der Waals surface area contributed by atoms with E-state index in [1.165, 1.54) is 13.2 Å². The van der Waals surface area contributed by atoms with Crippen molar-refractivity contribution in [2.75, 3.05) is 40.5 Å². The summed E-state index contributed by atoms with van der Waals surface area (Å²) < 4.78 is 10.00. The average molecular weight is 282 g/mol. The first-order valence-electron chi connectivity index (χ1n) is 6.49. The summed E-state index contributed by atoms with van der Waals surface area (Å²) in [6.07, 6.45) is 0.701. The first-order chi connectivity index (χ1) is 9.63. The second-order valence-corrected chi connectivity index (χ2v) is 4.31. The van der Waals surface area contributed by atoms with E-state index in [1.807, 2.05) is 0 Å². The summed E-state index contributed by atoms with van der Waals surface area (Å²) in [6, 6.07) is 4.62. The van der Waals surface area contributed by atoms with Crippen molar-refractivity contribution in [3.8, 4) is 11.5 Å². The fourth-order valence-electron chi connectivity index (χ4n) is 1.79. The zero-order valence-electron chi connectivity index (χ0n) is 12.0. The molecule has 0 aliphatic heterocycles. The van der Waals surface area contributed by atoms with Gasteiger partial charge in [0.2, 0.25) is 0 Å². The van der Waals surface area contributed by atoms with Crippen molar-refractivity contribution in [2.24, 2.45) is 5.73 Å². The molecule has 0 spiro atoms. The molecule has 6 heteroatoms. The van der Waals surface area contributed by atoms with Crippen molar-refractivity contribution in [2.45, 2.75) is 6.42 Å². The predicted molar refractivity (Wildman–Crippen MR) is 76.1 cm³/mol. The number of hydrogen-bond acceptors (Lipinski definition) is 5. The molecule has 3 N–H and O–H groups in total. The van der Waals surface area contributed by atoms with Crippen LogP contribution in [0.4, 0.5) is 0 Å². The van der Waals surface area contributed by atoms with Crippen molar-refractivity contribution >= 4 is 5.91 Å². The van der Waals surface area contributed by atoms with Gasteiger partial charge in [0, 0.05) is 26.3 Å². The first-order valence-corrected chi connectivity index (χ1v) is 6.49. The zero-order chi connectivity index (χ0) is 15.0. The molecule has 1 aromatic rings. The minimum atomic E-state index is -0.240. The lowest BCUT2D eigenvalue weighted by atomic mass is 10.1. The van der Waals surface area contributed by atoms with Crippen LogP contribution in [-0.4, -0.2) is 56.4 Å². The van der Waals surface area contributed by atoms with E-state index in [0.29, 0.717) is 38.4 Å². The average Bonchev–Trinajstić information content (AvgIpc) is 2.46. The molecule has 1 amide bonds. The number of hydrogen-bond donors (Lipinski definition) is 2. The van der Waals surface area contributed by atoms with E-state index >= 15 is 0 Å². The van der Waals surface area contributed by atoms with E-state index in [1.54, 1.807) is 24.1 Å². The highest BCUT2D eigenvalue weighted by molar-refractivity contribution is 5.97. The predicted octanol–water partition coefficient (Wildman–Crippen LogP) is 0.838. The lowest BCUT2D eigenvalue weighted by Crippen LogP contribution is -2.35. The van der Waals surface area contributed by atoms with Gasteiger partial charge in [0.15, 0.2) is 0 Å². The van der Waals surface area contributed by atoms with Gasteiger partial charge >= 0.3 is 0 Å². The Kier molecular flexibility index (Phi) is 6.83. The molecule has 1 rings (SSSR count). The summed E-state index contributed by atoms with van der Waals surface area (Å²) in [5, 5.41) is 9.91. The third-order valence-corrected chi connectivity index (χ3v) is 2.92. The molecule has 0 fully saturated rings. The molecule has 20 heavy (non-hydrogen) atoms. The van der Waals surface area contributed by atoms with E-state index in [0.717, 1.165) is 0 Å². The molecule has 0 atom stereocenters. The van der Waals surface area contributed by atoms with Crippen LogP contribution in [0.15, 0.2) is 18.2 Å². The number of rotatable bonds is 8. The summed E-state index contributed by atoms with van der Waals surface area (Å²) in [6.45, 7) is 1.93. The zero-order valence-corrected chi connectivity index (χ0v) is 12.0.